The first-order chi connectivity index (χ1) is 5.15. The smallest absolute Gasteiger partial charge is 0.164 e. The molecule has 0 aromatic rings. The Bertz CT molecular complexity index is 200. The minimum Gasteiger partial charge on any atom is -0.358 e. The summed E-state index contributed by atoms with van der Waals surface area (Å²) in [4.78, 5) is 11.1. The number of Topliss-reactive ketones (excluding diaryl/α,β-unsaturated/α-hetero) is 1. The van der Waals surface area contributed by atoms with E-state index in [0.29, 0.717) is 0 Å². The quantitative estimate of drug-likeness (QED) is 0.536. The van der Waals surface area contributed by atoms with E-state index in [1.54, 1.807) is 6.92 Å². The molecular weight excluding hydrogens is 140 g/mol. The first kappa shape index (κ1) is 7.29. The van der Waals surface area contributed by atoms with E-state index < -0.39 is 0 Å². The molecule has 2 aliphatic rings. The Morgan fingerprint density at radius 3 is 2.91 bits per heavy atom. The molecule has 0 aromatic heterocycles. The van der Waals surface area contributed by atoms with Crippen molar-refractivity contribution in [1.29, 1.82) is 0 Å². The third-order valence-electron chi connectivity index (χ3n) is 3.04. The van der Waals surface area contributed by atoms with Crippen LogP contribution in [0.3, 0.4) is 0 Å². The van der Waals surface area contributed by atoms with Gasteiger partial charge in [-0.05, 0) is 32.1 Å². The van der Waals surface area contributed by atoms with Crippen LogP contribution in [-0.4, -0.2) is 17.5 Å². The Hall–Kier alpha value is -0.370. The molecule has 11 heavy (non-hydrogen) atoms. The minimum absolute atomic E-state index is 0.231. The molecular formula is C9H14O2. The normalized spacial score (nSPS) is 48.2. The molecule has 1 saturated heterocycles. The molecule has 1 aliphatic heterocycles. The summed E-state index contributed by atoms with van der Waals surface area (Å²) in [6.07, 6.45) is 3.45. The molecule has 62 valence electrons. The van der Waals surface area contributed by atoms with E-state index in [2.05, 4.69) is 6.92 Å². The van der Waals surface area contributed by atoms with Gasteiger partial charge in [0.15, 0.2) is 11.4 Å². The Balaban J connectivity index is 2.08. The number of rotatable bonds is 1. The standard InChI is InChI=1S/C9H14O2/c1-6-3-4-9(7(2)10)8(5-6)11-9/h6,8H,3-5H2,1-2H3. The van der Waals surface area contributed by atoms with E-state index in [-0.39, 0.29) is 17.5 Å². The Morgan fingerprint density at radius 1 is 1.64 bits per heavy atom. The SMILES string of the molecule is CC(=O)C12CCC(C)CC1O2. The first-order valence-electron chi connectivity index (χ1n) is 4.34. The van der Waals surface area contributed by atoms with Gasteiger partial charge in [0, 0.05) is 0 Å². The Kier molecular flexibility index (Phi) is 1.37. The molecule has 1 aliphatic carbocycles. The molecule has 2 rings (SSSR count). The zero-order valence-electron chi connectivity index (χ0n) is 7.09. The van der Waals surface area contributed by atoms with Crippen LogP contribution in [0.2, 0.25) is 0 Å². The van der Waals surface area contributed by atoms with Gasteiger partial charge < -0.3 is 4.74 Å². The fourth-order valence-electron chi connectivity index (χ4n) is 2.11. The lowest BCUT2D eigenvalue weighted by Crippen LogP contribution is -2.29. The van der Waals surface area contributed by atoms with Crippen molar-refractivity contribution < 1.29 is 9.53 Å². The van der Waals surface area contributed by atoms with Gasteiger partial charge in [-0.25, -0.2) is 0 Å². The zero-order valence-corrected chi connectivity index (χ0v) is 7.09. The predicted octanol–water partition coefficient (Wildman–Crippen LogP) is 1.53. The number of ketones is 1. The fraction of sp³-hybridized carbons (Fsp3) is 0.889. The van der Waals surface area contributed by atoms with Crippen LogP contribution in [0, 0.1) is 5.92 Å². The highest BCUT2D eigenvalue weighted by Crippen LogP contribution is 2.49. The molecule has 1 heterocycles. The average molecular weight is 154 g/mol. The highest BCUT2D eigenvalue weighted by molar-refractivity contribution is 5.88. The number of carbonyl (C=O) groups is 1. The summed E-state index contributed by atoms with van der Waals surface area (Å²) in [6.45, 7) is 3.88. The van der Waals surface area contributed by atoms with Gasteiger partial charge >= 0.3 is 0 Å². The van der Waals surface area contributed by atoms with Crippen molar-refractivity contribution in [2.75, 3.05) is 0 Å². The number of epoxide rings is 1. The van der Waals surface area contributed by atoms with Gasteiger partial charge in [0.1, 0.15) is 0 Å². The van der Waals surface area contributed by atoms with Crippen LogP contribution in [0.4, 0.5) is 0 Å². The highest BCUT2D eigenvalue weighted by Gasteiger charge is 2.61. The number of carbonyl (C=O) groups excluding carboxylic acids is 1. The molecule has 0 aromatic carbocycles. The summed E-state index contributed by atoms with van der Waals surface area (Å²) in [6, 6.07) is 0. The van der Waals surface area contributed by atoms with Crippen molar-refractivity contribution in [3.05, 3.63) is 0 Å². The molecule has 2 nitrogen and oxygen atoms in total. The third-order valence-corrected chi connectivity index (χ3v) is 3.04. The summed E-state index contributed by atoms with van der Waals surface area (Å²) in [5.41, 5.74) is -0.313. The fourth-order valence-corrected chi connectivity index (χ4v) is 2.11. The third kappa shape index (κ3) is 0.924. The topological polar surface area (TPSA) is 29.6 Å². The second kappa shape index (κ2) is 2.07. The molecule has 1 saturated carbocycles. The first-order valence-corrected chi connectivity index (χ1v) is 4.34. The van der Waals surface area contributed by atoms with Crippen molar-refractivity contribution >= 4 is 5.78 Å². The van der Waals surface area contributed by atoms with Crippen molar-refractivity contribution in [3.8, 4) is 0 Å². The second-order valence-electron chi connectivity index (χ2n) is 3.93. The lowest BCUT2D eigenvalue weighted by Gasteiger charge is -2.18. The second-order valence-corrected chi connectivity index (χ2v) is 3.93. The van der Waals surface area contributed by atoms with Crippen LogP contribution in [0.15, 0.2) is 0 Å². The summed E-state index contributed by atoms with van der Waals surface area (Å²) >= 11 is 0. The maximum atomic E-state index is 11.1. The molecule has 0 bridgehead atoms. The molecule has 2 heteroatoms. The van der Waals surface area contributed by atoms with Gasteiger partial charge in [0.25, 0.3) is 0 Å². The largest absolute Gasteiger partial charge is 0.358 e. The molecule has 0 radical (unpaired) electrons. The average Bonchev–Trinajstić information content (AvgIpc) is 2.62. The predicted molar refractivity (Wildman–Crippen MR) is 41.3 cm³/mol. The Labute approximate surface area is 66.9 Å². The van der Waals surface area contributed by atoms with Crippen molar-refractivity contribution in [3.63, 3.8) is 0 Å². The maximum Gasteiger partial charge on any atom is 0.164 e. The van der Waals surface area contributed by atoms with Gasteiger partial charge in [-0.15, -0.1) is 0 Å². The summed E-state index contributed by atoms with van der Waals surface area (Å²) in [5, 5.41) is 0. The lowest BCUT2D eigenvalue weighted by molar-refractivity contribution is -0.122. The van der Waals surface area contributed by atoms with E-state index in [0.717, 1.165) is 25.2 Å². The van der Waals surface area contributed by atoms with Crippen LogP contribution >= 0.6 is 0 Å². The number of hydrogen-bond donors (Lipinski definition) is 0. The van der Waals surface area contributed by atoms with Crippen LogP contribution in [0.25, 0.3) is 0 Å². The van der Waals surface area contributed by atoms with Gasteiger partial charge in [-0.1, -0.05) is 6.92 Å². The number of ether oxygens (including phenoxy) is 1. The molecule has 0 amide bonds. The van der Waals surface area contributed by atoms with Crippen molar-refractivity contribution in [2.45, 2.75) is 44.8 Å². The van der Waals surface area contributed by atoms with E-state index in [1.165, 1.54) is 0 Å². The number of fused-ring (bicyclic) bond motifs is 1. The van der Waals surface area contributed by atoms with Gasteiger partial charge in [-0.2, -0.15) is 0 Å². The summed E-state index contributed by atoms with van der Waals surface area (Å²) in [7, 11) is 0. The molecule has 0 spiro atoms. The van der Waals surface area contributed by atoms with E-state index in [1.807, 2.05) is 0 Å². The summed E-state index contributed by atoms with van der Waals surface area (Å²) in [5.74, 6) is 0.976. The van der Waals surface area contributed by atoms with Crippen LogP contribution in [-0.2, 0) is 9.53 Å². The zero-order chi connectivity index (χ0) is 8.06. The summed E-state index contributed by atoms with van der Waals surface area (Å²) < 4.78 is 5.45. The molecule has 3 atom stereocenters. The van der Waals surface area contributed by atoms with Gasteiger partial charge in [0.2, 0.25) is 0 Å². The van der Waals surface area contributed by atoms with Crippen LogP contribution in [0.5, 0.6) is 0 Å². The molecule has 3 unspecified atom stereocenters. The van der Waals surface area contributed by atoms with Crippen LogP contribution in [0.1, 0.15) is 33.1 Å². The van der Waals surface area contributed by atoms with Gasteiger partial charge in [-0.3, -0.25) is 4.79 Å². The number of hydrogen-bond acceptors (Lipinski definition) is 2. The van der Waals surface area contributed by atoms with Crippen LogP contribution < -0.4 is 0 Å². The van der Waals surface area contributed by atoms with E-state index >= 15 is 0 Å². The minimum atomic E-state index is -0.313. The monoisotopic (exact) mass is 154 g/mol. The molecule has 0 N–H and O–H groups in total. The van der Waals surface area contributed by atoms with E-state index in [9.17, 15) is 4.79 Å². The Morgan fingerprint density at radius 2 is 2.36 bits per heavy atom. The van der Waals surface area contributed by atoms with E-state index in [4.69, 9.17) is 4.74 Å². The van der Waals surface area contributed by atoms with Gasteiger partial charge in [0.05, 0.1) is 6.10 Å². The highest BCUT2D eigenvalue weighted by atomic mass is 16.6. The lowest BCUT2D eigenvalue weighted by atomic mass is 9.81. The molecule has 2 fully saturated rings. The maximum absolute atomic E-state index is 11.1. The van der Waals surface area contributed by atoms with Crippen molar-refractivity contribution in [1.82, 2.24) is 0 Å². The van der Waals surface area contributed by atoms with Crippen molar-refractivity contribution in [2.24, 2.45) is 5.92 Å².